The van der Waals surface area contributed by atoms with Crippen LogP contribution in [-0.2, 0) is 9.53 Å². The zero-order valence-electron chi connectivity index (χ0n) is 9.94. The number of rotatable bonds is 5. The third-order valence-electron chi connectivity index (χ3n) is 2.52. The summed E-state index contributed by atoms with van der Waals surface area (Å²) in [6, 6.07) is 7.20. The summed E-state index contributed by atoms with van der Waals surface area (Å²) in [6.45, 7) is 2.01. The van der Waals surface area contributed by atoms with Gasteiger partial charge in [0.1, 0.15) is 6.10 Å². The molecule has 1 aromatic rings. The van der Waals surface area contributed by atoms with Gasteiger partial charge < -0.3 is 15.8 Å². The Balaban J connectivity index is 2.70. The van der Waals surface area contributed by atoms with E-state index in [2.05, 4.69) is 5.32 Å². The van der Waals surface area contributed by atoms with Crippen molar-refractivity contribution in [3.63, 3.8) is 0 Å². The molecule has 5 heteroatoms. The normalized spacial score (nSPS) is 14.1. The highest BCUT2D eigenvalue weighted by molar-refractivity contribution is 6.31. The highest BCUT2D eigenvalue weighted by Gasteiger charge is 2.19. The number of halogens is 1. The lowest BCUT2D eigenvalue weighted by atomic mass is 10.1. The van der Waals surface area contributed by atoms with Gasteiger partial charge in [-0.05, 0) is 18.6 Å². The van der Waals surface area contributed by atoms with Crippen LogP contribution in [-0.4, -0.2) is 25.7 Å². The summed E-state index contributed by atoms with van der Waals surface area (Å²) in [5.41, 5.74) is 6.29. The van der Waals surface area contributed by atoms with Crippen LogP contribution in [0.3, 0.4) is 0 Å². The van der Waals surface area contributed by atoms with Crippen LogP contribution in [0.25, 0.3) is 0 Å². The van der Waals surface area contributed by atoms with Crippen LogP contribution in [0.5, 0.6) is 0 Å². The largest absolute Gasteiger partial charge is 0.370 e. The minimum absolute atomic E-state index is 0.150. The highest BCUT2D eigenvalue weighted by Crippen LogP contribution is 2.22. The van der Waals surface area contributed by atoms with Gasteiger partial charge in [0.15, 0.2) is 0 Å². The molecule has 1 amide bonds. The Morgan fingerprint density at radius 2 is 2.18 bits per heavy atom. The number of nitrogens with one attached hydrogen (secondary N) is 1. The first-order valence-corrected chi connectivity index (χ1v) is 5.75. The fourth-order valence-corrected chi connectivity index (χ4v) is 1.82. The van der Waals surface area contributed by atoms with E-state index in [1.54, 1.807) is 6.07 Å². The van der Waals surface area contributed by atoms with E-state index in [4.69, 9.17) is 22.1 Å². The van der Waals surface area contributed by atoms with Gasteiger partial charge in [0.2, 0.25) is 0 Å². The third-order valence-corrected chi connectivity index (χ3v) is 2.87. The van der Waals surface area contributed by atoms with Crippen molar-refractivity contribution >= 4 is 17.5 Å². The highest BCUT2D eigenvalue weighted by atomic mass is 35.5. The maximum absolute atomic E-state index is 11.7. The smallest absolute Gasteiger partial charge is 0.250 e. The molecule has 4 nitrogen and oxygen atoms in total. The van der Waals surface area contributed by atoms with Crippen molar-refractivity contribution in [3.8, 4) is 0 Å². The van der Waals surface area contributed by atoms with Gasteiger partial charge in [-0.15, -0.1) is 0 Å². The molecule has 3 N–H and O–H groups in total. The van der Waals surface area contributed by atoms with Crippen molar-refractivity contribution in [2.45, 2.75) is 19.1 Å². The van der Waals surface area contributed by atoms with E-state index in [0.717, 1.165) is 5.56 Å². The van der Waals surface area contributed by atoms with E-state index < -0.39 is 6.10 Å². The zero-order chi connectivity index (χ0) is 12.8. The van der Waals surface area contributed by atoms with E-state index >= 15 is 0 Å². The van der Waals surface area contributed by atoms with Crippen molar-refractivity contribution in [1.82, 2.24) is 5.32 Å². The number of carbonyl (C=O) groups is 1. The van der Waals surface area contributed by atoms with Crippen LogP contribution in [0.2, 0.25) is 5.02 Å². The van der Waals surface area contributed by atoms with Gasteiger partial charge >= 0.3 is 0 Å². The number of methoxy groups -OCH3 is 1. The van der Waals surface area contributed by atoms with Crippen LogP contribution in [0.1, 0.15) is 18.5 Å². The summed E-state index contributed by atoms with van der Waals surface area (Å²) < 4.78 is 4.96. The molecular formula is C12H17ClN2O2. The van der Waals surface area contributed by atoms with E-state index in [1.165, 1.54) is 7.11 Å². The van der Waals surface area contributed by atoms with E-state index in [0.29, 0.717) is 5.02 Å². The summed E-state index contributed by atoms with van der Waals surface area (Å²) in [5, 5.41) is 3.44. The molecule has 0 aliphatic heterocycles. The molecule has 0 radical (unpaired) electrons. The fraction of sp³-hybridized carbons (Fsp3) is 0.417. The lowest BCUT2D eigenvalue weighted by Crippen LogP contribution is -2.41. The molecule has 0 fully saturated rings. The quantitative estimate of drug-likeness (QED) is 0.839. The monoisotopic (exact) mass is 256 g/mol. The van der Waals surface area contributed by atoms with Crippen molar-refractivity contribution in [1.29, 1.82) is 0 Å². The SMILES string of the molecule is COC(CN)C(=O)N[C@H](C)c1ccccc1Cl. The van der Waals surface area contributed by atoms with Gasteiger partial charge in [-0.3, -0.25) is 4.79 Å². The number of hydrogen-bond donors (Lipinski definition) is 2. The van der Waals surface area contributed by atoms with E-state index in [9.17, 15) is 4.79 Å². The maximum atomic E-state index is 11.7. The molecule has 0 aromatic heterocycles. The number of nitrogens with two attached hydrogens (primary N) is 1. The summed E-state index contributed by atoms with van der Waals surface area (Å²) in [4.78, 5) is 11.7. The second kappa shape index (κ2) is 6.59. The molecule has 1 aromatic carbocycles. The number of benzene rings is 1. The van der Waals surface area contributed by atoms with Gasteiger partial charge in [0.25, 0.3) is 5.91 Å². The van der Waals surface area contributed by atoms with E-state index in [-0.39, 0.29) is 18.5 Å². The Hall–Kier alpha value is -1.10. The predicted molar refractivity (Wildman–Crippen MR) is 67.9 cm³/mol. The topological polar surface area (TPSA) is 64.3 Å². The molecule has 0 aliphatic carbocycles. The van der Waals surface area contributed by atoms with Crippen LogP contribution in [0.4, 0.5) is 0 Å². The molecule has 0 saturated carbocycles. The zero-order valence-corrected chi connectivity index (χ0v) is 10.7. The average Bonchev–Trinajstić information content (AvgIpc) is 2.31. The second-order valence-electron chi connectivity index (χ2n) is 3.71. The first-order valence-electron chi connectivity index (χ1n) is 5.37. The molecular weight excluding hydrogens is 240 g/mol. The number of carbonyl (C=O) groups excluding carboxylic acids is 1. The van der Waals surface area contributed by atoms with Crippen LogP contribution in [0, 0.1) is 0 Å². The number of hydrogen-bond acceptors (Lipinski definition) is 3. The van der Waals surface area contributed by atoms with Crippen molar-refractivity contribution in [2.75, 3.05) is 13.7 Å². The molecule has 0 bridgehead atoms. The van der Waals surface area contributed by atoms with Crippen molar-refractivity contribution < 1.29 is 9.53 Å². The molecule has 1 rings (SSSR count). The van der Waals surface area contributed by atoms with Gasteiger partial charge in [-0.2, -0.15) is 0 Å². The van der Waals surface area contributed by atoms with Gasteiger partial charge in [0, 0.05) is 18.7 Å². The molecule has 94 valence electrons. The third kappa shape index (κ3) is 3.70. The lowest BCUT2D eigenvalue weighted by molar-refractivity contribution is -0.131. The Kier molecular flexibility index (Phi) is 5.41. The molecule has 0 saturated heterocycles. The number of amides is 1. The van der Waals surface area contributed by atoms with Crippen molar-refractivity contribution in [2.24, 2.45) is 5.73 Å². The average molecular weight is 257 g/mol. The first-order chi connectivity index (χ1) is 8.10. The maximum Gasteiger partial charge on any atom is 0.250 e. The first kappa shape index (κ1) is 14.0. The molecule has 2 atom stereocenters. The van der Waals surface area contributed by atoms with Crippen LogP contribution < -0.4 is 11.1 Å². The molecule has 17 heavy (non-hydrogen) atoms. The molecule has 1 unspecified atom stereocenters. The van der Waals surface area contributed by atoms with Crippen LogP contribution >= 0.6 is 11.6 Å². The summed E-state index contributed by atoms with van der Waals surface area (Å²) >= 11 is 6.04. The van der Waals surface area contributed by atoms with Gasteiger partial charge in [-0.25, -0.2) is 0 Å². The van der Waals surface area contributed by atoms with Gasteiger partial charge in [0.05, 0.1) is 6.04 Å². The second-order valence-corrected chi connectivity index (χ2v) is 4.12. The minimum atomic E-state index is -0.625. The summed E-state index contributed by atoms with van der Waals surface area (Å²) in [7, 11) is 1.46. The number of ether oxygens (including phenoxy) is 1. The van der Waals surface area contributed by atoms with E-state index in [1.807, 2.05) is 25.1 Å². The standard InChI is InChI=1S/C12H17ClN2O2/c1-8(9-5-3-4-6-10(9)13)15-12(16)11(7-14)17-2/h3-6,8,11H,7,14H2,1-2H3,(H,15,16)/t8-,11?/m1/s1. The van der Waals surface area contributed by atoms with Crippen LogP contribution in [0.15, 0.2) is 24.3 Å². The Morgan fingerprint density at radius 1 is 1.53 bits per heavy atom. The Morgan fingerprint density at radius 3 is 2.71 bits per heavy atom. The molecule has 0 heterocycles. The summed E-state index contributed by atoms with van der Waals surface area (Å²) in [5.74, 6) is -0.234. The van der Waals surface area contributed by atoms with Gasteiger partial charge in [-0.1, -0.05) is 29.8 Å². The molecule has 0 aliphatic rings. The summed E-state index contributed by atoms with van der Waals surface area (Å²) in [6.07, 6.45) is -0.625. The minimum Gasteiger partial charge on any atom is -0.370 e. The lowest BCUT2D eigenvalue weighted by Gasteiger charge is -2.19. The predicted octanol–water partition coefficient (Wildman–Crippen LogP) is 1.49. The molecule has 0 spiro atoms. The Bertz CT molecular complexity index is 381. The fourth-order valence-electron chi connectivity index (χ4n) is 1.52. The Labute approximate surface area is 106 Å². The van der Waals surface area contributed by atoms with Crippen molar-refractivity contribution in [3.05, 3.63) is 34.9 Å².